The first-order valence-corrected chi connectivity index (χ1v) is 9.64. The Balaban J connectivity index is 2.65. The molecule has 0 N–H and O–H groups in total. The van der Waals surface area contributed by atoms with Gasteiger partial charge in [0.1, 0.15) is 5.60 Å². The second-order valence-electron chi connectivity index (χ2n) is 5.49. The first-order valence-electron chi connectivity index (χ1n) is 6.64. The first kappa shape index (κ1) is 16.0. The standard InChI is InChI=1S/C15H17BrN2O2Si/c1-15(2,9-17)20-21(4)14-12(16)10-7-5-6-8-11(10)13(19)18(14)3/h5-8,21H,1-4H3. The molecule has 1 aromatic carbocycles. The predicted octanol–water partition coefficient (Wildman–Crippen LogP) is 2.18. The Morgan fingerprint density at radius 1 is 1.33 bits per heavy atom. The first-order chi connectivity index (χ1) is 9.78. The summed E-state index contributed by atoms with van der Waals surface area (Å²) in [5, 5.41) is 11.5. The summed E-state index contributed by atoms with van der Waals surface area (Å²) in [7, 11) is -0.173. The van der Waals surface area contributed by atoms with E-state index in [1.54, 1.807) is 25.5 Å². The lowest BCUT2D eigenvalue weighted by Crippen LogP contribution is -2.47. The molecule has 2 rings (SSSR count). The highest BCUT2D eigenvalue weighted by molar-refractivity contribution is 9.10. The number of hydrogen-bond acceptors (Lipinski definition) is 3. The number of pyridine rings is 1. The van der Waals surface area contributed by atoms with Crippen LogP contribution in [0.5, 0.6) is 0 Å². The highest BCUT2D eigenvalue weighted by atomic mass is 79.9. The fraction of sp³-hybridized carbons (Fsp3) is 0.333. The Morgan fingerprint density at radius 2 is 1.90 bits per heavy atom. The van der Waals surface area contributed by atoms with E-state index >= 15 is 0 Å². The van der Waals surface area contributed by atoms with Crippen LogP contribution in [-0.4, -0.2) is 19.2 Å². The van der Waals surface area contributed by atoms with Crippen LogP contribution in [0.3, 0.4) is 0 Å². The molecule has 0 aliphatic carbocycles. The second kappa shape index (κ2) is 5.76. The third-order valence-corrected chi connectivity index (χ3v) is 7.06. The van der Waals surface area contributed by atoms with Crippen molar-refractivity contribution in [3.8, 4) is 6.07 Å². The maximum absolute atomic E-state index is 12.5. The van der Waals surface area contributed by atoms with E-state index in [9.17, 15) is 4.79 Å². The molecule has 1 aromatic heterocycles. The Morgan fingerprint density at radius 3 is 2.48 bits per heavy atom. The number of fused-ring (bicyclic) bond motifs is 1. The van der Waals surface area contributed by atoms with Crippen LogP contribution in [0.2, 0.25) is 6.55 Å². The van der Waals surface area contributed by atoms with Gasteiger partial charge in [-0.05, 0) is 42.4 Å². The van der Waals surface area contributed by atoms with Crippen LogP contribution < -0.4 is 10.9 Å². The Bertz CT molecular complexity index is 793. The fourth-order valence-electron chi connectivity index (χ4n) is 2.41. The van der Waals surface area contributed by atoms with Gasteiger partial charge in [0, 0.05) is 27.6 Å². The summed E-state index contributed by atoms with van der Waals surface area (Å²) in [5.74, 6) is 0. The number of rotatable bonds is 3. The van der Waals surface area contributed by atoms with Gasteiger partial charge in [0.15, 0.2) is 0 Å². The molecule has 110 valence electrons. The number of halogens is 1. The molecule has 0 saturated carbocycles. The minimum absolute atomic E-state index is 0.0403. The zero-order chi connectivity index (χ0) is 15.8. The second-order valence-corrected chi connectivity index (χ2v) is 8.35. The molecular formula is C15H17BrN2O2Si. The van der Waals surface area contributed by atoms with Gasteiger partial charge in [-0.25, -0.2) is 0 Å². The number of nitrogens with zero attached hydrogens (tertiary/aromatic N) is 2. The van der Waals surface area contributed by atoms with Crippen molar-refractivity contribution in [3.05, 3.63) is 39.1 Å². The Labute approximate surface area is 133 Å². The minimum atomic E-state index is -1.92. The third-order valence-electron chi connectivity index (χ3n) is 3.41. The quantitative estimate of drug-likeness (QED) is 0.784. The lowest BCUT2D eigenvalue weighted by Gasteiger charge is -2.25. The molecule has 4 nitrogen and oxygen atoms in total. The lowest BCUT2D eigenvalue weighted by atomic mass is 10.2. The van der Waals surface area contributed by atoms with Crippen LogP contribution in [0.25, 0.3) is 10.8 Å². The smallest absolute Gasteiger partial charge is 0.258 e. The van der Waals surface area contributed by atoms with E-state index in [-0.39, 0.29) is 5.56 Å². The van der Waals surface area contributed by atoms with Crippen LogP contribution in [0, 0.1) is 11.3 Å². The molecule has 0 aliphatic rings. The molecule has 0 saturated heterocycles. The zero-order valence-corrected chi connectivity index (χ0v) is 15.2. The molecule has 0 spiro atoms. The van der Waals surface area contributed by atoms with Crippen LogP contribution in [-0.2, 0) is 11.5 Å². The summed E-state index contributed by atoms with van der Waals surface area (Å²) < 4.78 is 8.44. The van der Waals surface area contributed by atoms with E-state index in [1.807, 2.05) is 30.8 Å². The molecule has 1 heterocycles. The van der Waals surface area contributed by atoms with Crippen LogP contribution in [0.15, 0.2) is 33.5 Å². The van der Waals surface area contributed by atoms with Crippen molar-refractivity contribution in [1.29, 1.82) is 5.26 Å². The highest BCUT2D eigenvalue weighted by Crippen LogP contribution is 2.21. The summed E-state index contributed by atoms with van der Waals surface area (Å²) >= 11 is 3.61. The van der Waals surface area contributed by atoms with E-state index in [0.717, 1.165) is 15.2 Å². The average Bonchev–Trinajstić information content (AvgIpc) is 2.44. The van der Waals surface area contributed by atoms with Gasteiger partial charge in [-0.3, -0.25) is 4.79 Å². The molecular weight excluding hydrogens is 348 g/mol. The maximum Gasteiger partial charge on any atom is 0.258 e. The van der Waals surface area contributed by atoms with E-state index in [2.05, 4.69) is 22.0 Å². The van der Waals surface area contributed by atoms with E-state index < -0.39 is 14.6 Å². The molecule has 6 heteroatoms. The summed E-state index contributed by atoms with van der Waals surface area (Å²) in [4.78, 5) is 12.5. The molecule has 1 atom stereocenters. The molecule has 1 unspecified atom stereocenters. The largest absolute Gasteiger partial charge is 0.397 e. The minimum Gasteiger partial charge on any atom is -0.397 e. The van der Waals surface area contributed by atoms with Gasteiger partial charge in [-0.1, -0.05) is 18.2 Å². The van der Waals surface area contributed by atoms with Gasteiger partial charge in [0.25, 0.3) is 5.56 Å². The van der Waals surface area contributed by atoms with Crippen LogP contribution in [0.1, 0.15) is 13.8 Å². The van der Waals surface area contributed by atoms with E-state index in [1.165, 1.54) is 0 Å². The van der Waals surface area contributed by atoms with Crippen molar-refractivity contribution >= 4 is 41.1 Å². The molecule has 21 heavy (non-hydrogen) atoms. The Kier molecular flexibility index (Phi) is 4.37. The monoisotopic (exact) mass is 364 g/mol. The molecule has 0 aliphatic heterocycles. The normalized spacial score (nSPS) is 13.1. The molecule has 0 fully saturated rings. The molecule has 2 aromatic rings. The maximum atomic E-state index is 12.5. The van der Waals surface area contributed by atoms with Crippen molar-refractivity contribution in [1.82, 2.24) is 4.57 Å². The summed E-state index contributed by atoms with van der Waals surface area (Å²) in [6, 6.07) is 9.64. The van der Waals surface area contributed by atoms with Crippen LogP contribution in [0.4, 0.5) is 0 Å². The van der Waals surface area contributed by atoms with Gasteiger partial charge in [-0.2, -0.15) is 5.26 Å². The fourth-order valence-corrected chi connectivity index (χ4v) is 6.21. The van der Waals surface area contributed by atoms with Crippen molar-refractivity contribution in [2.45, 2.75) is 26.0 Å². The topological polar surface area (TPSA) is 55.0 Å². The number of aromatic nitrogens is 1. The number of hydrogen-bond donors (Lipinski definition) is 0. The third kappa shape index (κ3) is 2.95. The lowest BCUT2D eigenvalue weighted by molar-refractivity contribution is 0.174. The van der Waals surface area contributed by atoms with Gasteiger partial charge in [0.2, 0.25) is 9.04 Å². The van der Waals surface area contributed by atoms with Gasteiger partial charge in [0.05, 0.1) is 6.07 Å². The SMILES string of the molecule is Cn1c([SiH](C)OC(C)(C)C#N)c(Br)c2ccccc2c1=O. The van der Waals surface area contributed by atoms with Crippen molar-refractivity contribution < 1.29 is 4.43 Å². The van der Waals surface area contributed by atoms with Gasteiger partial charge in [-0.15, -0.1) is 0 Å². The average molecular weight is 365 g/mol. The summed E-state index contributed by atoms with van der Waals surface area (Å²) in [6.07, 6.45) is 0. The molecule has 0 radical (unpaired) electrons. The van der Waals surface area contributed by atoms with Crippen molar-refractivity contribution in [3.63, 3.8) is 0 Å². The van der Waals surface area contributed by atoms with E-state index in [0.29, 0.717) is 5.39 Å². The number of benzene rings is 1. The Hall–Kier alpha value is -1.42. The van der Waals surface area contributed by atoms with Crippen LogP contribution >= 0.6 is 15.9 Å². The highest BCUT2D eigenvalue weighted by Gasteiger charge is 2.26. The zero-order valence-electron chi connectivity index (χ0n) is 12.5. The predicted molar refractivity (Wildman–Crippen MR) is 90.3 cm³/mol. The summed E-state index contributed by atoms with van der Waals surface area (Å²) in [6.45, 7) is 5.46. The van der Waals surface area contributed by atoms with Gasteiger partial charge < -0.3 is 8.99 Å². The van der Waals surface area contributed by atoms with Crippen molar-refractivity contribution in [2.24, 2.45) is 7.05 Å². The van der Waals surface area contributed by atoms with Gasteiger partial charge >= 0.3 is 0 Å². The van der Waals surface area contributed by atoms with Crippen molar-refractivity contribution in [2.75, 3.05) is 0 Å². The molecule has 0 amide bonds. The number of nitriles is 1. The molecule has 0 bridgehead atoms. The summed E-state index contributed by atoms with van der Waals surface area (Å²) in [5.41, 5.74) is -0.895. The van der Waals surface area contributed by atoms with E-state index in [4.69, 9.17) is 9.69 Å².